The Morgan fingerprint density at radius 1 is 1.14 bits per heavy atom. The van der Waals surface area contributed by atoms with Gasteiger partial charge < -0.3 is 14.8 Å². The minimum absolute atomic E-state index is 0.267. The monoisotopic (exact) mass is 281 g/mol. The lowest BCUT2D eigenvalue weighted by atomic mass is 10.1. The van der Waals surface area contributed by atoms with Gasteiger partial charge in [-0.05, 0) is 25.1 Å². The van der Waals surface area contributed by atoms with Crippen LogP contribution in [0.15, 0.2) is 52.9 Å². The van der Waals surface area contributed by atoms with Gasteiger partial charge >= 0.3 is 5.97 Å². The van der Waals surface area contributed by atoms with E-state index < -0.39 is 5.97 Å². The van der Waals surface area contributed by atoms with Crippen molar-refractivity contribution in [2.24, 2.45) is 0 Å². The Morgan fingerprint density at radius 2 is 1.86 bits per heavy atom. The quantitative estimate of drug-likeness (QED) is 0.757. The predicted octanol–water partition coefficient (Wildman–Crippen LogP) is 4.05. The summed E-state index contributed by atoms with van der Waals surface area (Å²) in [5.41, 5.74) is 2.77. The van der Waals surface area contributed by atoms with E-state index in [0.29, 0.717) is 12.2 Å². The second kappa shape index (κ2) is 5.32. The van der Waals surface area contributed by atoms with Crippen molar-refractivity contribution in [3.8, 4) is 0 Å². The number of aryl methyl sites for hydroxylation is 1. The molecule has 0 unspecified atom stereocenters. The van der Waals surface area contributed by atoms with Crippen molar-refractivity contribution in [3.63, 3.8) is 0 Å². The largest absolute Gasteiger partial charge is 0.478 e. The maximum absolute atomic E-state index is 11.2. The van der Waals surface area contributed by atoms with E-state index in [0.717, 1.165) is 22.3 Å². The summed E-state index contributed by atoms with van der Waals surface area (Å²) < 4.78 is 5.71. The summed E-state index contributed by atoms with van der Waals surface area (Å²) in [4.78, 5) is 11.2. The number of anilines is 1. The molecule has 0 aliphatic heterocycles. The van der Waals surface area contributed by atoms with Gasteiger partial charge in [0.1, 0.15) is 11.3 Å². The number of fused-ring (bicyclic) bond motifs is 1. The SMILES string of the molecule is Cc1oc2ccccc2c1CNc1ccccc1C(=O)O. The Bertz CT molecular complexity index is 805. The molecule has 3 rings (SSSR count). The van der Waals surface area contributed by atoms with E-state index >= 15 is 0 Å². The van der Waals surface area contributed by atoms with Gasteiger partial charge in [0.2, 0.25) is 0 Å². The molecule has 0 aliphatic carbocycles. The van der Waals surface area contributed by atoms with Gasteiger partial charge in [0, 0.05) is 23.2 Å². The Kier molecular flexibility index (Phi) is 3.36. The lowest BCUT2D eigenvalue weighted by molar-refractivity contribution is 0.0698. The summed E-state index contributed by atoms with van der Waals surface area (Å²) in [7, 11) is 0. The van der Waals surface area contributed by atoms with Gasteiger partial charge in [-0.1, -0.05) is 30.3 Å². The topological polar surface area (TPSA) is 62.5 Å². The number of carbonyl (C=O) groups is 1. The smallest absolute Gasteiger partial charge is 0.337 e. The number of rotatable bonds is 4. The highest BCUT2D eigenvalue weighted by Gasteiger charge is 2.12. The predicted molar refractivity (Wildman–Crippen MR) is 81.7 cm³/mol. The molecule has 0 spiro atoms. The molecule has 0 amide bonds. The summed E-state index contributed by atoms with van der Waals surface area (Å²) in [6, 6.07) is 14.7. The first-order chi connectivity index (χ1) is 10.2. The average molecular weight is 281 g/mol. The van der Waals surface area contributed by atoms with Crippen LogP contribution in [0.3, 0.4) is 0 Å². The Hall–Kier alpha value is -2.75. The Balaban J connectivity index is 1.91. The summed E-state index contributed by atoms with van der Waals surface area (Å²) in [6.45, 7) is 2.44. The number of nitrogens with one attached hydrogen (secondary N) is 1. The normalized spacial score (nSPS) is 10.7. The summed E-state index contributed by atoms with van der Waals surface area (Å²) in [5, 5.41) is 13.4. The molecule has 0 fully saturated rings. The number of benzene rings is 2. The van der Waals surface area contributed by atoms with Crippen LogP contribution >= 0.6 is 0 Å². The van der Waals surface area contributed by atoms with Gasteiger partial charge in [-0.25, -0.2) is 4.79 Å². The second-order valence-electron chi connectivity index (χ2n) is 4.84. The van der Waals surface area contributed by atoms with Gasteiger partial charge in [-0.3, -0.25) is 0 Å². The lowest BCUT2D eigenvalue weighted by Gasteiger charge is -2.09. The first-order valence-corrected chi connectivity index (χ1v) is 6.70. The minimum Gasteiger partial charge on any atom is -0.478 e. The zero-order valence-corrected chi connectivity index (χ0v) is 11.6. The molecule has 3 aromatic rings. The number of para-hydroxylation sites is 2. The second-order valence-corrected chi connectivity index (χ2v) is 4.84. The van der Waals surface area contributed by atoms with Gasteiger partial charge in [-0.15, -0.1) is 0 Å². The fourth-order valence-corrected chi connectivity index (χ4v) is 2.45. The van der Waals surface area contributed by atoms with E-state index in [4.69, 9.17) is 4.42 Å². The summed E-state index contributed by atoms with van der Waals surface area (Å²) >= 11 is 0. The fourth-order valence-electron chi connectivity index (χ4n) is 2.45. The maximum atomic E-state index is 11.2. The number of hydrogen-bond acceptors (Lipinski definition) is 3. The van der Waals surface area contributed by atoms with E-state index in [1.165, 1.54) is 0 Å². The van der Waals surface area contributed by atoms with Crippen molar-refractivity contribution in [1.82, 2.24) is 0 Å². The molecular formula is C17H15NO3. The van der Waals surface area contributed by atoms with Crippen LogP contribution in [0.5, 0.6) is 0 Å². The minimum atomic E-state index is -0.938. The molecule has 0 saturated carbocycles. The molecular weight excluding hydrogens is 266 g/mol. The van der Waals surface area contributed by atoms with Crippen molar-refractivity contribution in [1.29, 1.82) is 0 Å². The van der Waals surface area contributed by atoms with Crippen LogP contribution < -0.4 is 5.32 Å². The lowest BCUT2D eigenvalue weighted by Crippen LogP contribution is -2.06. The average Bonchev–Trinajstić information content (AvgIpc) is 2.81. The highest BCUT2D eigenvalue weighted by molar-refractivity contribution is 5.94. The molecule has 21 heavy (non-hydrogen) atoms. The highest BCUT2D eigenvalue weighted by atomic mass is 16.4. The van der Waals surface area contributed by atoms with Crippen LogP contribution in [-0.4, -0.2) is 11.1 Å². The van der Waals surface area contributed by atoms with Crippen molar-refractivity contribution in [3.05, 3.63) is 65.4 Å². The number of carboxylic acid groups (broad SMARTS) is 1. The van der Waals surface area contributed by atoms with E-state index in [1.54, 1.807) is 18.2 Å². The molecule has 0 aliphatic rings. The van der Waals surface area contributed by atoms with Gasteiger partial charge in [0.25, 0.3) is 0 Å². The molecule has 0 saturated heterocycles. The zero-order valence-electron chi connectivity index (χ0n) is 11.6. The standard InChI is InChI=1S/C17H15NO3/c1-11-14(12-6-3-5-9-16(12)21-11)10-18-15-8-4-2-7-13(15)17(19)20/h2-9,18H,10H2,1H3,(H,19,20). The molecule has 1 heterocycles. The number of carboxylic acids is 1. The van der Waals surface area contributed by atoms with E-state index in [-0.39, 0.29) is 5.56 Å². The van der Waals surface area contributed by atoms with Gasteiger partial charge in [-0.2, -0.15) is 0 Å². The van der Waals surface area contributed by atoms with Crippen LogP contribution in [0, 0.1) is 6.92 Å². The van der Waals surface area contributed by atoms with Crippen LogP contribution in [0.25, 0.3) is 11.0 Å². The van der Waals surface area contributed by atoms with Crippen LogP contribution in [-0.2, 0) is 6.54 Å². The van der Waals surface area contributed by atoms with Crippen LogP contribution in [0.1, 0.15) is 21.7 Å². The third kappa shape index (κ3) is 2.48. The molecule has 0 radical (unpaired) electrons. The maximum Gasteiger partial charge on any atom is 0.337 e. The first-order valence-electron chi connectivity index (χ1n) is 6.70. The van der Waals surface area contributed by atoms with Crippen molar-refractivity contribution < 1.29 is 14.3 Å². The number of hydrogen-bond donors (Lipinski definition) is 2. The molecule has 0 bridgehead atoms. The first kappa shape index (κ1) is 13.2. The molecule has 1 aromatic heterocycles. The van der Waals surface area contributed by atoms with E-state index in [2.05, 4.69) is 5.32 Å². The third-order valence-electron chi connectivity index (χ3n) is 3.51. The molecule has 2 N–H and O–H groups in total. The van der Waals surface area contributed by atoms with Crippen molar-refractivity contribution in [2.75, 3.05) is 5.32 Å². The summed E-state index contributed by atoms with van der Waals surface area (Å²) in [5.74, 6) is -0.0941. The molecule has 106 valence electrons. The third-order valence-corrected chi connectivity index (χ3v) is 3.51. The molecule has 2 aromatic carbocycles. The van der Waals surface area contributed by atoms with E-state index in [1.807, 2.05) is 37.3 Å². The fraction of sp³-hybridized carbons (Fsp3) is 0.118. The molecule has 0 atom stereocenters. The van der Waals surface area contributed by atoms with Gasteiger partial charge in [0.15, 0.2) is 0 Å². The van der Waals surface area contributed by atoms with Crippen LogP contribution in [0.4, 0.5) is 5.69 Å². The number of aromatic carboxylic acids is 1. The number of furan rings is 1. The van der Waals surface area contributed by atoms with Gasteiger partial charge in [0.05, 0.1) is 5.56 Å². The summed E-state index contributed by atoms with van der Waals surface area (Å²) in [6.07, 6.45) is 0. The Morgan fingerprint density at radius 3 is 2.67 bits per heavy atom. The van der Waals surface area contributed by atoms with Crippen molar-refractivity contribution >= 4 is 22.6 Å². The highest BCUT2D eigenvalue weighted by Crippen LogP contribution is 2.26. The van der Waals surface area contributed by atoms with Crippen molar-refractivity contribution in [2.45, 2.75) is 13.5 Å². The van der Waals surface area contributed by atoms with Crippen LogP contribution in [0.2, 0.25) is 0 Å². The Labute approximate surface area is 122 Å². The molecule has 4 heteroatoms. The molecule has 4 nitrogen and oxygen atoms in total. The van der Waals surface area contributed by atoms with E-state index in [9.17, 15) is 9.90 Å². The zero-order chi connectivity index (χ0) is 14.8.